The minimum absolute atomic E-state index is 0.664. The minimum Gasteiger partial charge on any atom is -0.497 e. The molecule has 1 heterocycles. The highest BCUT2D eigenvalue weighted by Crippen LogP contribution is 2.23. The van der Waals surface area contributed by atoms with E-state index in [-0.39, 0.29) is 0 Å². The number of methoxy groups -OCH3 is 1. The molecule has 2 aromatic rings. The molecule has 1 aliphatic heterocycles. The third kappa shape index (κ3) is 2.72. The first kappa shape index (κ1) is 13.2. The molecule has 0 bridgehead atoms. The van der Waals surface area contributed by atoms with Crippen molar-refractivity contribution in [3.05, 3.63) is 59.7 Å². The molecule has 0 N–H and O–H groups in total. The predicted octanol–water partition coefficient (Wildman–Crippen LogP) is 3.18. The lowest BCUT2D eigenvalue weighted by Gasteiger charge is -2.12. The first-order valence-electron chi connectivity index (χ1n) is 6.80. The van der Waals surface area contributed by atoms with Gasteiger partial charge >= 0.3 is 0 Å². The average molecular weight is 277 g/mol. The molecule has 104 valence electrons. The average Bonchev–Trinajstić information content (AvgIpc) is 3.05. The van der Waals surface area contributed by atoms with E-state index >= 15 is 0 Å². The SMILES string of the molecule is COc1ccc(C2=NN(c3ccc(C#N)cc3)CC2)cc1. The zero-order chi connectivity index (χ0) is 14.7. The number of rotatable bonds is 3. The van der Waals surface area contributed by atoms with Crippen LogP contribution in [0.25, 0.3) is 0 Å². The van der Waals surface area contributed by atoms with Crippen LogP contribution in [0.3, 0.4) is 0 Å². The van der Waals surface area contributed by atoms with Crippen molar-refractivity contribution in [3.63, 3.8) is 0 Å². The van der Waals surface area contributed by atoms with Crippen LogP contribution in [0.15, 0.2) is 53.6 Å². The van der Waals surface area contributed by atoms with Crippen LogP contribution >= 0.6 is 0 Å². The van der Waals surface area contributed by atoms with Gasteiger partial charge in [-0.3, -0.25) is 5.01 Å². The monoisotopic (exact) mass is 277 g/mol. The summed E-state index contributed by atoms with van der Waals surface area (Å²) >= 11 is 0. The van der Waals surface area contributed by atoms with E-state index in [1.807, 2.05) is 53.5 Å². The van der Waals surface area contributed by atoms with Gasteiger partial charge in [-0.2, -0.15) is 10.4 Å². The normalized spacial score (nSPS) is 13.7. The first-order chi connectivity index (χ1) is 10.3. The Kier molecular flexibility index (Phi) is 3.57. The second-order valence-electron chi connectivity index (χ2n) is 4.81. The highest BCUT2D eigenvalue weighted by atomic mass is 16.5. The zero-order valence-electron chi connectivity index (χ0n) is 11.8. The molecule has 0 saturated carbocycles. The van der Waals surface area contributed by atoms with Crippen LogP contribution in [0.1, 0.15) is 17.5 Å². The number of hydrogen-bond donors (Lipinski definition) is 0. The van der Waals surface area contributed by atoms with Gasteiger partial charge in [-0.05, 0) is 54.1 Å². The van der Waals surface area contributed by atoms with Crippen molar-refractivity contribution in [1.82, 2.24) is 0 Å². The molecule has 21 heavy (non-hydrogen) atoms. The maximum absolute atomic E-state index is 8.83. The zero-order valence-corrected chi connectivity index (χ0v) is 11.8. The van der Waals surface area contributed by atoms with Crippen LogP contribution in [-0.2, 0) is 0 Å². The molecule has 1 aliphatic rings. The smallest absolute Gasteiger partial charge is 0.118 e. The Morgan fingerprint density at radius 3 is 2.43 bits per heavy atom. The third-order valence-electron chi connectivity index (χ3n) is 3.52. The molecule has 0 aromatic heterocycles. The Hall–Kier alpha value is -2.80. The van der Waals surface area contributed by atoms with E-state index in [9.17, 15) is 0 Å². The molecule has 0 spiro atoms. The molecule has 2 aromatic carbocycles. The number of hydrogen-bond acceptors (Lipinski definition) is 4. The fourth-order valence-corrected chi connectivity index (χ4v) is 2.34. The van der Waals surface area contributed by atoms with Crippen molar-refractivity contribution >= 4 is 11.4 Å². The lowest BCUT2D eigenvalue weighted by molar-refractivity contribution is 0.415. The molecule has 4 nitrogen and oxygen atoms in total. The third-order valence-corrected chi connectivity index (χ3v) is 3.52. The maximum atomic E-state index is 8.83. The fraction of sp³-hybridized carbons (Fsp3) is 0.176. The second-order valence-corrected chi connectivity index (χ2v) is 4.81. The van der Waals surface area contributed by atoms with Crippen LogP contribution in [-0.4, -0.2) is 19.4 Å². The Morgan fingerprint density at radius 2 is 1.81 bits per heavy atom. The number of hydrazone groups is 1. The quantitative estimate of drug-likeness (QED) is 0.865. The molecule has 0 fully saturated rings. The number of ether oxygens (including phenoxy) is 1. The molecule has 4 heteroatoms. The van der Waals surface area contributed by atoms with Crippen molar-refractivity contribution in [2.75, 3.05) is 18.7 Å². The summed E-state index contributed by atoms with van der Waals surface area (Å²) in [5.41, 5.74) is 3.86. The Balaban J connectivity index is 1.81. The number of benzene rings is 2. The number of anilines is 1. The molecule has 0 radical (unpaired) electrons. The van der Waals surface area contributed by atoms with Gasteiger partial charge in [-0.25, -0.2) is 0 Å². The van der Waals surface area contributed by atoms with Gasteiger partial charge in [0.1, 0.15) is 5.75 Å². The summed E-state index contributed by atoms with van der Waals surface area (Å²) in [5, 5.41) is 15.5. The van der Waals surface area contributed by atoms with Crippen molar-refractivity contribution in [2.45, 2.75) is 6.42 Å². The lowest BCUT2D eigenvalue weighted by Crippen LogP contribution is -2.11. The van der Waals surface area contributed by atoms with E-state index in [0.717, 1.165) is 35.7 Å². The van der Waals surface area contributed by atoms with Gasteiger partial charge in [-0.15, -0.1) is 0 Å². The molecule has 0 aliphatic carbocycles. The summed E-state index contributed by atoms with van der Waals surface area (Å²) in [7, 11) is 1.66. The van der Waals surface area contributed by atoms with E-state index in [1.54, 1.807) is 7.11 Å². The van der Waals surface area contributed by atoms with Crippen LogP contribution < -0.4 is 9.75 Å². The van der Waals surface area contributed by atoms with E-state index in [0.29, 0.717) is 5.56 Å². The van der Waals surface area contributed by atoms with Crippen molar-refractivity contribution in [1.29, 1.82) is 5.26 Å². The van der Waals surface area contributed by atoms with Crippen LogP contribution in [0.4, 0.5) is 5.69 Å². The van der Waals surface area contributed by atoms with E-state index < -0.39 is 0 Å². The van der Waals surface area contributed by atoms with Crippen LogP contribution in [0.2, 0.25) is 0 Å². The van der Waals surface area contributed by atoms with Crippen LogP contribution in [0, 0.1) is 11.3 Å². The van der Waals surface area contributed by atoms with E-state index in [2.05, 4.69) is 11.2 Å². The summed E-state index contributed by atoms with van der Waals surface area (Å²) in [6.07, 6.45) is 0.909. The topological polar surface area (TPSA) is 48.6 Å². The summed E-state index contributed by atoms with van der Waals surface area (Å²) in [6.45, 7) is 0.854. The van der Waals surface area contributed by atoms with Gasteiger partial charge < -0.3 is 4.74 Å². The van der Waals surface area contributed by atoms with Crippen molar-refractivity contribution in [2.24, 2.45) is 5.10 Å². The highest BCUT2D eigenvalue weighted by molar-refractivity contribution is 6.02. The largest absolute Gasteiger partial charge is 0.497 e. The molecule has 0 saturated heterocycles. The highest BCUT2D eigenvalue weighted by Gasteiger charge is 2.17. The van der Waals surface area contributed by atoms with Gasteiger partial charge in [0.2, 0.25) is 0 Å². The van der Waals surface area contributed by atoms with Gasteiger partial charge in [0, 0.05) is 13.0 Å². The number of nitriles is 1. The first-order valence-corrected chi connectivity index (χ1v) is 6.80. The summed E-state index contributed by atoms with van der Waals surface area (Å²) in [4.78, 5) is 0. The van der Waals surface area contributed by atoms with E-state index in [1.165, 1.54) is 0 Å². The Labute approximate surface area is 123 Å². The molecule has 0 amide bonds. The van der Waals surface area contributed by atoms with E-state index in [4.69, 9.17) is 10.00 Å². The summed E-state index contributed by atoms with van der Waals surface area (Å²) in [6, 6.07) is 17.6. The van der Waals surface area contributed by atoms with Gasteiger partial charge in [-0.1, -0.05) is 0 Å². The summed E-state index contributed by atoms with van der Waals surface area (Å²) in [5.74, 6) is 0.848. The Bertz CT molecular complexity index is 696. The maximum Gasteiger partial charge on any atom is 0.118 e. The Morgan fingerprint density at radius 1 is 1.10 bits per heavy atom. The molecular formula is C17H15N3O. The number of nitrogens with zero attached hydrogens (tertiary/aromatic N) is 3. The minimum atomic E-state index is 0.664. The lowest BCUT2D eigenvalue weighted by atomic mass is 10.1. The van der Waals surface area contributed by atoms with Crippen molar-refractivity contribution < 1.29 is 4.74 Å². The predicted molar refractivity (Wildman–Crippen MR) is 82.7 cm³/mol. The standard InChI is InChI=1S/C17H15N3O/c1-21-16-8-4-14(5-9-16)17-10-11-20(19-17)15-6-2-13(12-18)3-7-15/h2-9H,10-11H2,1H3. The second kappa shape index (κ2) is 5.68. The fourth-order valence-electron chi connectivity index (χ4n) is 2.34. The molecule has 0 unspecified atom stereocenters. The molecule has 3 rings (SSSR count). The molecular weight excluding hydrogens is 262 g/mol. The summed E-state index contributed by atoms with van der Waals surface area (Å²) < 4.78 is 5.17. The van der Waals surface area contributed by atoms with Crippen molar-refractivity contribution in [3.8, 4) is 11.8 Å². The van der Waals surface area contributed by atoms with Gasteiger partial charge in [0.25, 0.3) is 0 Å². The van der Waals surface area contributed by atoms with Crippen LogP contribution in [0.5, 0.6) is 5.75 Å². The van der Waals surface area contributed by atoms with Gasteiger partial charge in [0.15, 0.2) is 0 Å². The molecule has 0 atom stereocenters. The van der Waals surface area contributed by atoms with Gasteiger partial charge in [0.05, 0.1) is 30.1 Å².